The number of aromatic nitrogens is 2. The number of carbonyl (C=O) groups is 1. The number of nitrogens with two attached hydrogens (primary N) is 1. The molecule has 0 aliphatic heterocycles. The third-order valence-corrected chi connectivity index (χ3v) is 3.74. The second kappa shape index (κ2) is 6.23. The lowest BCUT2D eigenvalue weighted by molar-refractivity contribution is -0.123. The van der Waals surface area contributed by atoms with Crippen LogP contribution in [0.1, 0.15) is 17.3 Å². The largest absolute Gasteiger partial charge is 0.368 e. The lowest BCUT2D eigenvalue weighted by Gasteiger charge is -2.25. The average Bonchev–Trinajstić information content (AvgIpc) is 2.81. The molecule has 0 fully saturated rings. The molecule has 19 heavy (non-hydrogen) atoms. The Bertz CT molecular complexity index is 561. The fourth-order valence-electron chi connectivity index (χ4n) is 1.91. The number of benzene rings is 1. The lowest BCUT2D eigenvalue weighted by atomic mass is 10.1. The van der Waals surface area contributed by atoms with Crippen molar-refractivity contribution in [3.05, 3.63) is 45.4 Å². The van der Waals surface area contributed by atoms with E-state index in [9.17, 15) is 4.79 Å². The van der Waals surface area contributed by atoms with E-state index < -0.39 is 6.04 Å². The molecule has 1 heterocycles. The van der Waals surface area contributed by atoms with Gasteiger partial charge in [-0.3, -0.25) is 9.69 Å². The van der Waals surface area contributed by atoms with Crippen LogP contribution in [0.5, 0.6) is 0 Å². The molecule has 0 aliphatic carbocycles. The molecular weight excluding hydrogens is 328 g/mol. The van der Waals surface area contributed by atoms with Crippen LogP contribution >= 0.6 is 27.5 Å². The van der Waals surface area contributed by atoms with E-state index in [-0.39, 0.29) is 5.91 Å². The van der Waals surface area contributed by atoms with Gasteiger partial charge < -0.3 is 5.73 Å². The summed E-state index contributed by atoms with van der Waals surface area (Å²) < 4.78 is 4.72. The number of likely N-dealkylation sites (N-methyl/N-ethyl adjacent to an activating group) is 1. The molecule has 2 rings (SSSR count). The van der Waals surface area contributed by atoms with Gasteiger partial charge in [-0.25, -0.2) is 0 Å². The number of amides is 1. The monoisotopic (exact) mass is 340 g/mol. The number of rotatable bonds is 5. The smallest absolute Gasteiger partial charge is 0.239 e. The van der Waals surface area contributed by atoms with E-state index in [2.05, 4.69) is 25.5 Å². The van der Waals surface area contributed by atoms with Crippen molar-refractivity contribution in [3.63, 3.8) is 0 Å². The Morgan fingerprint density at radius 3 is 2.95 bits per heavy atom. The molecule has 2 N–H and O–H groups in total. The molecule has 0 saturated carbocycles. The van der Waals surface area contributed by atoms with Crippen LogP contribution in [0, 0.1) is 0 Å². The van der Waals surface area contributed by atoms with E-state index in [1.54, 1.807) is 0 Å². The SMILES string of the molecule is CN(Cc1csnn1)C(C(N)=O)c1cccc(Br)c1. The van der Waals surface area contributed by atoms with E-state index in [1.165, 1.54) is 11.5 Å². The van der Waals surface area contributed by atoms with Crippen molar-refractivity contribution in [2.24, 2.45) is 5.73 Å². The predicted octanol–water partition coefficient (Wildman–Crippen LogP) is 1.96. The molecule has 1 unspecified atom stereocenters. The van der Waals surface area contributed by atoms with Gasteiger partial charge in [0.2, 0.25) is 5.91 Å². The highest BCUT2D eigenvalue weighted by atomic mass is 79.9. The molecule has 5 nitrogen and oxygen atoms in total. The van der Waals surface area contributed by atoms with Crippen molar-refractivity contribution in [2.75, 3.05) is 7.05 Å². The Labute approximate surface area is 123 Å². The molecule has 2 aromatic rings. The average molecular weight is 341 g/mol. The molecule has 1 aromatic heterocycles. The van der Waals surface area contributed by atoms with Gasteiger partial charge >= 0.3 is 0 Å². The van der Waals surface area contributed by atoms with Crippen LogP contribution in [0.25, 0.3) is 0 Å². The van der Waals surface area contributed by atoms with Gasteiger partial charge in [0.15, 0.2) is 0 Å². The first-order valence-electron chi connectivity index (χ1n) is 5.59. The molecule has 0 aliphatic rings. The van der Waals surface area contributed by atoms with Gasteiger partial charge in [0.05, 0.1) is 5.69 Å². The van der Waals surface area contributed by atoms with Crippen LogP contribution in [0.15, 0.2) is 34.1 Å². The van der Waals surface area contributed by atoms with E-state index in [4.69, 9.17) is 5.73 Å². The summed E-state index contributed by atoms with van der Waals surface area (Å²) in [7, 11) is 1.84. The number of halogens is 1. The Morgan fingerprint density at radius 2 is 2.37 bits per heavy atom. The third-order valence-electron chi connectivity index (χ3n) is 2.69. The molecule has 0 spiro atoms. The molecular formula is C12H13BrN4OS. The van der Waals surface area contributed by atoms with Crippen LogP contribution in [0.2, 0.25) is 0 Å². The number of carbonyl (C=O) groups excluding carboxylic acids is 1. The number of nitrogens with zero attached hydrogens (tertiary/aromatic N) is 3. The second-order valence-corrected chi connectivity index (χ2v) is 5.70. The zero-order chi connectivity index (χ0) is 13.8. The fraction of sp³-hybridized carbons (Fsp3) is 0.250. The van der Waals surface area contributed by atoms with Crippen LogP contribution in [-0.2, 0) is 11.3 Å². The van der Waals surface area contributed by atoms with Gasteiger partial charge in [-0.1, -0.05) is 32.6 Å². The minimum Gasteiger partial charge on any atom is -0.368 e. The summed E-state index contributed by atoms with van der Waals surface area (Å²) in [5, 5.41) is 5.83. The zero-order valence-corrected chi connectivity index (χ0v) is 12.7. The van der Waals surface area contributed by atoms with Gasteiger partial charge in [-0.2, -0.15) is 0 Å². The minimum absolute atomic E-state index is 0.385. The quantitative estimate of drug-likeness (QED) is 0.902. The predicted molar refractivity (Wildman–Crippen MR) is 77.5 cm³/mol. The first-order valence-corrected chi connectivity index (χ1v) is 7.22. The highest BCUT2D eigenvalue weighted by molar-refractivity contribution is 9.10. The van der Waals surface area contributed by atoms with Crippen molar-refractivity contribution in [1.82, 2.24) is 14.5 Å². The van der Waals surface area contributed by atoms with Gasteiger partial charge in [-0.15, -0.1) is 5.10 Å². The maximum absolute atomic E-state index is 11.7. The van der Waals surface area contributed by atoms with Crippen molar-refractivity contribution in [1.29, 1.82) is 0 Å². The molecule has 1 atom stereocenters. The molecule has 0 bridgehead atoms. The highest BCUT2D eigenvalue weighted by Crippen LogP contribution is 2.23. The first-order chi connectivity index (χ1) is 9.08. The molecule has 7 heteroatoms. The Balaban J connectivity index is 2.22. The fourth-order valence-corrected chi connectivity index (χ4v) is 2.77. The Morgan fingerprint density at radius 1 is 1.58 bits per heavy atom. The summed E-state index contributed by atoms with van der Waals surface area (Å²) in [5.74, 6) is -0.385. The maximum atomic E-state index is 11.7. The van der Waals surface area contributed by atoms with Crippen molar-refractivity contribution >= 4 is 33.4 Å². The highest BCUT2D eigenvalue weighted by Gasteiger charge is 2.23. The zero-order valence-electron chi connectivity index (χ0n) is 10.3. The van der Waals surface area contributed by atoms with Crippen LogP contribution < -0.4 is 5.73 Å². The summed E-state index contributed by atoms with van der Waals surface area (Å²) in [6.07, 6.45) is 0. The van der Waals surface area contributed by atoms with Gasteiger partial charge in [0, 0.05) is 16.4 Å². The topological polar surface area (TPSA) is 72.1 Å². The summed E-state index contributed by atoms with van der Waals surface area (Å²) in [5.41, 5.74) is 7.20. The summed E-state index contributed by atoms with van der Waals surface area (Å²) in [4.78, 5) is 13.6. The lowest BCUT2D eigenvalue weighted by Crippen LogP contribution is -2.35. The summed E-state index contributed by atoms with van der Waals surface area (Å²) in [6.45, 7) is 0.524. The Kier molecular flexibility index (Phi) is 4.62. The maximum Gasteiger partial charge on any atom is 0.239 e. The second-order valence-electron chi connectivity index (χ2n) is 4.17. The standard InChI is InChI=1S/C12H13BrN4OS/c1-17(6-10-7-19-16-15-10)11(12(14)18)8-3-2-4-9(13)5-8/h2-5,7,11H,6H2,1H3,(H2,14,18). The molecule has 0 saturated heterocycles. The van der Waals surface area contributed by atoms with E-state index in [0.29, 0.717) is 6.54 Å². The van der Waals surface area contributed by atoms with E-state index in [1.807, 2.05) is 41.6 Å². The van der Waals surface area contributed by atoms with Gasteiger partial charge in [-0.05, 0) is 36.3 Å². The minimum atomic E-state index is -0.487. The van der Waals surface area contributed by atoms with Crippen LogP contribution in [0.4, 0.5) is 0 Å². The third kappa shape index (κ3) is 3.59. The first kappa shape index (κ1) is 14.1. The van der Waals surface area contributed by atoms with Crippen molar-refractivity contribution < 1.29 is 4.79 Å². The summed E-state index contributed by atoms with van der Waals surface area (Å²) in [6, 6.07) is 7.08. The van der Waals surface area contributed by atoms with E-state index >= 15 is 0 Å². The number of hydrogen-bond donors (Lipinski definition) is 1. The van der Waals surface area contributed by atoms with Gasteiger partial charge in [0.25, 0.3) is 0 Å². The number of hydrogen-bond acceptors (Lipinski definition) is 5. The Hall–Kier alpha value is -1.31. The normalized spacial score (nSPS) is 12.6. The molecule has 1 aromatic carbocycles. The van der Waals surface area contributed by atoms with E-state index in [0.717, 1.165) is 15.7 Å². The van der Waals surface area contributed by atoms with Crippen molar-refractivity contribution in [2.45, 2.75) is 12.6 Å². The molecule has 0 radical (unpaired) electrons. The van der Waals surface area contributed by atoms with Gasteiger partial charge in [0.1, 0.15) is 6.04 Å². The van der Waals surface area contributed by atoms with Crippen molar-refractivity contribution in [3.8, 4) is 0 Å². The van der Waals surface area contributed by atoms with Crippen LogP contribution in [-0.4, -0.2) is 27.4 Å². The summed E-state index contributed by atoms with van der Waals surface area (Å²) >= 11 is 4.69. The molecule has 100 valence electrons. The number of primary amides is 1. The van der Waals surface area contributed by atoms with Crippen LogP contribution in [0.3, 0.4) is 0 Å². The molecule has 1 amide bonds.